The number of benzene rings is 2. The van der Waals surface area contributed by atoms with Crippen LogP contribution in [0.25, 0.3) is 0 Å². The fourth-order valence-corrected chi connectivity index (χ4v) is 2.84. The summed E-state index contributed by atoms with van der Waals surface area (Å²) in [7, 11) is 0. The molecule has 0 bridgehead atoms. The number of carbonyl (C=O) groups is 2. The van der Waals surface area contributed by atoms with E-state index >= 15 is 0 Å². The fraction of sp³-hybridized carbons (Fsp3) is 0.222. The van der Waals surface area contributed by atoms with E-state index in [1.54, 1.807) is 23.5 Å². The Morgan fingerprint density at radius 1 is 1.07 bits per heavy atom. The lowest BCUT2D eigenvalue weighted by Crippen LogP contribution is -2.29. The van der Waals surface area contributed by atoms with Crippen molar-refractivity contribution in [1.82, 2.24) is 0 Å². The zero-order valence-corrected chi connectivity index (χ0v) is 16.6. The maximum absolute atomic E-state index is 12.3. The van der Waals surface area contributed by atoms with E-state index in [0.29, 0.717) is 17.2 Å². The summed E-state index contributed by atoms with van der Waals surface area (Å²) in [5, 5.41) is 4.72. The van der Waals surface area contributed by atoms with Crippen molar-refractivity contribution >= 4 is 50.7 Å². The largest absolute Gasteiger partial charge is 0.492 e. The van der Waals surface area contributed by atoms with Crippen molar-refractivity contribution in [2.75, 3.05) is 17.2 Å². The Labute approximate surface area is 172 Å². The molecule has 2 N–H and O–H groups in total. The standard InChI is InChI=1S/C18H15BrClF3N2O3/c19-11-6-7-15(14(20)9-11)28-8-2-5-16(26)24-12-3-1-4-13(10-12)25-17(27)18(21,22)23/h1,3-4,6-7,9-10H,2,5,8H2,(H,24,26)(H,25,27). The minimum Gasteiger partial charge on any atom is -0.492 e. The summed E-state index contributed by atoms with van der Waals surface area (Å²) in [5.74, 6) is -1.93. The third kappa shape index (κ3) is 7.05. The van der Waals surface area contributed by atoms with Crippen molar-refractivity contribution in [3.8, 4) is 5.75 Å². The number of anilines is 2. The van der Waals surface area contributed by atoms with Gasteiger partial charge < -0.3 is 15.4 Å². The molecule has 2 aromatic rings. The van der Waals surface area contributed by atoms with Crippen LogP contribution in [0.1, 0.15) is 12.8 Å². The molecule has 150 valence electrons. The van der Waals surface area contributed by atoms with Gasteiger partial charge in [-0.3, -0.25) is 9.59 Å². The summed E-state index contributed by atoms with van der Waals surface area (Å²) in [5.41, 5.74) is 0.190. The van der Waals surface area contributed by atoms with Gasteiger partial charge in [0, 0.05) is 22.3 Å². The summed E-state index contributed by atoms with van der Waals surface area (Å²) in [6, 6.07) is 10.6. The second kappa shape index (κ2) is 9.79. The third-order valence-corrected chi connectivity index (χ3v) is 4.15. The molecule has 0 aliphatic rings. The number of nitrogens with one attached hydrogen (secondary N) is 2. The molecule has 2 amide bonds. The third-order valence-electron chi connectivity index (χ3n) is 3.36. The van der Waals surface area contributed by atoms with Crippen LogP contribution in [0.15, 0.2) is 46.9 Å². The Balaban J connectivity index is 1.80. The van der Waals surface area contributed by atoms with Gasteiger partial charge in [0.2, 0.25) is 5.91 Å². The molecular weight excluding hydrogens is 465 g/mol. The molecule has 0 aliphatic heterocycles. The Hall–Kier alpha value is -2.26. The highest BCUT2D eigenvalue weighted by molar-refractivity contribution is 9.10. The normalized spacial score (nSPS) is 11.0. The molecule has 0 aliphatic carbocycles. The van der Waals surface area contributed by atoms with Crippen molar-refractivity contribution in [2.45, 2.75) is 19.0 Å². The van der Waals surface area contributed by atoms with E-state index in [1.807, 2.05) is 0 Å². The SMILES string of the molecule is O=C(CCCOc1ccc(Br)cc1Cl)Nc1cccc(NC(=O)C(F)(F)F)c1. The minimum absolute atomic E-state index is 0.0756. The molecule has 0 aromatic heterocycles. The van der Waals surface area contributed by atoms with Gasteiger partial charge in [0.15, 0.2) is 0 Å². The average molecular weight is 480 g/mol. The molecule has 0 saturated carbocycles. The van der Waals surface area contributed by atoms with E-state index in [2.05, 4.69) is 21.2 Å². The summed E-state index contributed by atoms with van der Waals surface area (Å²) in [4.78, 5) is 22.9. The topological polar surface area (TPSA) is 67.4 Å². The van der Waals surface area contributed by atoms with E-state index in [0.717, 1.165) is 4.47 Å². The predicted molar refractivity (Wildman–Crippen MR) is 104 cm³/mol. The zero-order valence-electron chi connectivity index (χ0n) is 14.3. The molecule has 0 radical (unpaired) electrons. The van der Waals surface area contributed by atoms with Gasteiger partial charge in [-0.05, 0) is 42.8 Å². The fourth-order valence-electron chi connectivity index (χ4n) is 2.11. The lowest BCUT2D eigenvalue weighted by Gasteiger charge is -2.11. The van der Waals surface area contributed by atoms with Crippen LogP contribution in [0.4, 0.5) is 24.5 Å². The first kappa shape index (κ1) is 22.0. The van der Waals surface area contributed by atoms with E-state index in [9.17, 15) is 22.8 Å². The Morgan fingerprint density at radius 2 is 1.75 bits per heavy atom. The first-order valence-electron chi connectivity index (χ1n) is 8.01. The highest BCUT2D eigenvalue weighted by Crippen LogP contribution is 2.28. The maximum atomic E-state index is 12.3. The number of hydrogen-bond donors (Lipinski definition) is 2. The molecule has 10 heteroatoms. The van der Waals surface area contributed by atoms with Crippen molar-refractivity contribution in [2.24, 2.45) is 0 Å². The van der Waals surface area contributed by atoms with Crippen LogP contribution in [-0.2, 0) is 9.59 Å². The molecule has 0 atom stereocenters. The molecule has 0 fully saturated rings. The number of carbonyl (C=O) groups excluding carboxylic acids is 2. The monoisotopic (exact) mass is 478 g/mol. The van der Waals surface area contributed by atoms with Crippen molar-refractivity contribution in [1.29, 1.82) is 0 Å². The highest BCUT2D eigenvalue weighted by atomic mass is 79.9. The van der Waals surface area contributed by atoms with E-state index in [4.69, 9.17) is 16.3 Å². The van der Waals surface area contributed by atoms with Gasteiger partial charge in [-0.2, -0.15) is 13.2 Å². The van der Waals surface area contributed by atoms with Gasteiger partial charge in [0.1, 0.15) is 5.75 Å². The van der Waals surface area contributed by atoms with Gasteiger partial charge in [-0.1, -0.05) is 33.6 Å². The highest BCUT2D eigenvalue weighted by Gasteiger charge is 2.38. The van der Waals surface area contributed by atoms with Crippen molar-refractivity contribution < 1.29 is 27.5 Å². The number of hydrogen-bond acceptors (Lipinski definition) is 3. The Bertz CT molecular complexity index is 862. The molecule has 0 spiro atoms. The van der Waals surface area contributed by atoms with Gasteiger partial charge >= 0.3 is 12.1 Å². The molecule has 0 unspecified atom stereocenters. The number of ether oxygens (including phenoxy) is 1. The molecule has 2 aromatic carbocycles. The van der Waals surface area contributed by atoms with Crippen molar-refractivity contribution in [3.63, 3.8) is 0 Å². The summed E-state index contributed by atoms with van der Waals surface area (Å²) in [6.07, 6.45) is -4.45. The molecule has 0 saturated heterocycles. The second-order valence-electron chi connectivity index (χ2n) is 5.61. The van der Waals surface area contributed by atoms with E-state index < -0.39 is 12.1 Å². The van der Waals surface area contributed by atoms with Crippen LogP contribution in [0.5, 0.6) is 5.75 Å². The lowest BCUT2D eigenvalue weighted by atomic mass is 10.2. The quantitative estimate of drug-likeness (QED) is 0.523. The number of alkyl halides is 3. The van der Waals surface area contributed by atoms with Gasteiger partial charge in [0.25, 0.3) is 0 Å². The first-order chi connectivity index (χ1) is 13.1. The zero-order chi connectivity index (χ0) is 20.7. The van der Waals surface area contributed by atoms with Crippen LogP contribution in [0, 0.1) is 0 Å². The van der Waals surface area contributed by atoms with Gasteiger partial charge in [-0.15, -0.1) is 0 Å². The van der Waals surface area contributed by atoms with Crippen molar-refractivity contribution in [3.05, 3.63) is 52.0 Å². The number of amides is 2. The number of rotatable bonds is 7. The predicted octanol–water partition coefficient (Wildman–Crippen LogP) is 5.40. The number of halogens is 5. The lowest BCUT2D eigenvalue weighted by molar-refractivity contribution is -0.167. The molecule has 2 rings (SSSR count). The van der Waals surface area contributed by atoms with Crippen LogP contribution in [-0.4, -0.2) is 24.6 Å². The summed E-state index contributed by atoms with van der Waals surface area (Å²) >= 11 is 9.31. The first-order valence-corrected chi connectivity index (χ1v) is 9.18. The Kier molecular flexibility index (Phi) is 7.70. The average Bonchev–Trinajstić information content (AvgIpc) is 2.59. The summed E-state index contributed by atoms with van der Waals surface area (Å²) < 4.78 is 43.2. The van der Waals surface area contributed by atoms with Crippen LogP contribution >= 0.6 is 27.5 Å². The van der Waals surface area contributed by atoms with Gasteiger partial charge in [0.05, 0.1) is 11.6 Å². The smallest absolute Gasteiger partial charge is 0.471 e. The second-order valence-corrected chi connectivity index (χ2v) is 6.93. The van der Waals surface area contributed by atoms with Crippen LogP contribution in [0.3, 0.4) is 0 Å². The molecule has 28 heavy (non-hydrogen) atoms. The Morgan fingerprint density at radius 3 is 2.39 bits per heavy atom. The van der Waals surface area contributed by atoms with Crippen LogP contribution < -0.4 is 15.4 Å². The summed E-state index contributed by atoms with van der Waals surface area (Å²) in [6.45, 7) is 0.260. The molecular formula is C18H15BrClF3N2O3. The van der Waals surface area contributed by atoms with E-state index in [1.165, 1.54) is 24.3 Å². The minimum atomic E-state index is -4.99. The maximum Gasteiger partial charge on any atom is 0.471 e. The van der Waals surface area contributed by atoms with Gasteiger partial charge in [-0.25, -0.2) is 0 Å². The van der Waals surface area contributed by atoms with Crippen LogP contribution in [0.2, 0.25) is 5.02 Å². The van der Waals surface area contributed by atoms with E-state index in [-0.39, 0.29) is 30.3 Å². The molecule has 5 nitrogen and oxygen atoms in total. The molecule has 0 heterocycles.